The predicted octanol–water partition coefficient (Wildman–Crippen LogP) is 3.24. The summed E-state index contributed by atoms with van der Waals surface area (Å²) in [6, 6.07) is 2.81. The first-order chi connectivity index (χ1) is 8.54. The van der Waals surface area contributed by atoms with E-state index >= 15 is 0 Å². The third-order valence-corrected chi connectivity index (χ3v) is 4.41. The van der Waals surface area contributed by atoms with Crippen LogP contribution in [-0.4, -0.2) is 15.2 Å². The fourth-order valence-electron chi connectivity index (χ4n) is 2.33. The van der Waals surface area contributed by atoms with Gasteiger partial charge in [0.25, 0.3) is 5.69 Å². The third kappa shape index (κ3) is 3.35. The standard InChI is InChI=1S/C12H17N3O2S/c1-8-3-2-4-10(5-8)18-12-7-9(15(16)17)6-11(13)14-12/h6-8,10H,2-5H2,1H3,(H2,13,14). The Bertz CT molecular complexity index is 453. The predicted molar refractivity (Wildman–Crippen MR) is 72.6 cm³/mol. The fraction of sp³-hybridized carbons (Fsp3) is 0.583. The Kier molecular flexibility index (Phi) is 4.06. The van der Waals surface area contributed by atoms with Crippen molar-refractivity contribution in [2.24, 2.45) is 5.92 Å². The van der Waals surface area contributed by atoms with E-state index in [2.05, 4.69) is 11.9 Å². The zero-order valence-electron chi connectivity index (χ0n) is 10.3. The number of aromatic nitrogens is 1. The van der Waals surface area contributed by atoms with Crippen molar-refractivity contribution in [2.45, 2.75) is 42.9 Å². The summed E-state index contributed by atoms with van der Waals surface area (Å²) in [5, 5.41) is 11.9. The Morgan fingerprint density at radius 1 is 1.50 bits per heavy atom. The maximum Gasteiger partial charge on any atom is 0.275 e. The molecule has 1 aliphatic carbocycles. The zero-order chi connectivity index (χ0) is 13.1. The molecule has 0 saturated heterocycles. The van der Waals surface area contributed by atoms with Gasteiger partial charge in [-0.15, -0.1) is 11.8 Å². The van der Waals surface area contributed by atoms with Gasteiger partial charge < -0.3 is 5.73 Å². The monoisotopic (exact) mass is 267 g/mol. The molecule has 1 fully saturated rings. The molecule has 0 spiro atoms. The topological polar surface area (TPSA) is 82.0 Å². The van der Waals surface area contributed by atoms with E-state index in [4.69, 9.17) is 5.73 Å². The zero-order valence-corrected chi connectivity index (χ0v) is 11.2. The normalized spacial score (nSPS) is 23.8. The highest BCUT2D eigenvalue weighted by atomic mass is 32.2. The molecule has 1 aromatic rings. The van der Waals surface area contributed by atoms with Crippen LogP contribution in [0.2, 0.25) is 0 Å². The number of hydrogen-bond acceptors (Lipinski definition) is 5. The fourth-order valence-corrected chi connectivity index (χ4v) is 3.73. The van der Waals surface area contributed by atoms with Crippen molar-refractivity contribution in [2.75, 3.05) is 5.73 Å². The SMILES string of the molecule is CC1CCCC(Sc2cc([N+](=O)[O-])cc(N)n2)C1. The molecule has 98 valence electrons. The van der Waals surface area contributed by atoms with E-state index in [1.165, 1.54) is 25.0 Å². The maximum atomic E-state index is 10.8. The lowest BCUT2D eigenvalue weighted by atomic mass is 9.91. The molecular formula is C12H17N3O2S. The van der Waals surface area contributed by atoms with Gasteiger partial charge in [-0.05, 0) is 18.8 Å². The average Bonchev–Trinajstić information content (AvgIpc) is 2.28. The highest BCUT2D eigenvalue weighted by Gasteiger charge is 2.21. The van der Waals surface area contributed by atoms with Crippen LogP contribution in [0.1, 0.15) is 32.6 Å². The molecule has 2 unspecified atom stereocenters. The summed E-state index contributed by atoms with van der Waals surface area (Å²) in [6.07, 6.45) is 4.80. The number of pyridine rings is 1. The molecule has 1 saturated carbocycles. The highest BCUT2D eigenvalue weighted by Crippen LogP contribution is 2.36. The van der Waals surface area contributed by atoms with Crippen molar-refractivity contribution in [3.05, 3.63) is 22.2 Å². The molecule has 2 atom stereocenters. The van der Waals surface area contributed by atoms with Gasteiger partial charge in [-0.1, -0.05) is 19.8 Å². The van der Waals surface area contributed by atoms with Gasteiger partial charge in [-0.25, -0.2) is 4.98 Å². The smallest absolute Gasteiger partial charge is 0.275 e. The first kappa shape index (κ1) is 13.1. The molecule has 2 rings (SSSR count). The van der Waals surface area contributed by atoms with E-state index in [1.807, 2.05) is 0 Å². The van der Waals surface area contributed by atoms with E-state index in [1.54, 1.807) is 11.8 Å². The lowest BCUT2D eigenvalue weighted by Gasteiger charge is -2.25. The second kappa shape index (κ2) is 5.56. The first-order valence-electron chi connectivity index (χ1n) is 6.13. The lowest BCUT2D eigenvalue weighted by Crippen LogP contribution is -2.15. The van der Waals surface area contributed by atoms with Crippen LogP contribution in [0, 0.1) is 16.0 Å². The highest BCUT2D eigenvalue weighted by molar-refractivity contribution is 7.99. The minimum atomic E-state index is -0.425. The van der Waals surface area contributed by atoms with E-state index in [-0.39, 0.29) is 11.5 Å². The summed E-state index contributed by atoms with van der Waals surface area (Å²) in [7, 11) is 0. The van der Waals surface area contributed by atoms with Crippen LogP contribution in [0.3, 0.4) is 0 Å². The first-order valence-corrected chi connectivity index (χ1v) is 7.01. The van der Waals surface area contributed by atoms with Gasteiger partial charge in [0.1, 0.15) is 10.8 Å². The molecule has 1 aliphatic rings. The number of rotatable bonds is 3. The van der Waals surface area contributed by atoms with E-state index in [9.17, 15) is 10.1 Å². The second-order valence-electron chi connectivity index (χ2n) is 4.86. The molecule has 1 heterocycles. The van der Waals surface area contributed by atoms with E-state index in [0.29, 0.717) is 10.3 Å². The molecule has 1 aromatic heterocycles. The molecule has 5 nitrogen and oxygen atoms in total. The maximum absolute atomic E-state index is 10.8. The molecule has 0 aliphatic heterocycles. The molecule has 0 bridgehead atoms. The van der Waals surface area contributed by atoms with Gasteiger partial charge in [0.05, 0.1) is 11.0 Å². The van der Waals surface area contributed by atoms with Gasteiger partial charge >= 0.3 is 0 Å². The largest absolute Gasteiger partial charge is 0.383 e. The average molecular weight is 267 g/mol. The van der Waals surface area contributed by atoms with Crippen LogP contribution < -0.4 is 5.73 Å². The van der Waals surface area contributed by atoms with Crippen LogP contribution in [0.15, 0.2) is 17.2 Å². The lowest BCUT2D eigenvalue weighted by molar-refractivity contribution is -0.385. The van der Waals surface area contributed by atoms with Gasteiger partial charge in [0, 0.05) is 11.3 Å². The molecule has 0 aromatic carbocycles. The number of anilines is 1. The Morgan fingerprint density at radius 3 is 2.94 bits per heavy atom. The molecule has 18 heavy (non-hydrogen) atoms. The Hall–Kier alpha value is -1.30. The molecule has 6 heteroatoms. The summed E-state index contributed by atoms with van der Waals surface area (Å²) in [6.45, 7) is 2.25. The van der Waals surface area contributed by atoms with Crippen LogP contribution >= 0.6 is 11.8 Å². The second-order valence-corrected chi connectivity index (χ2v) is 6.18. The van der Waals surface area contributed by atoms with Crippen LogP contribution in [0.4, 0.5) is 11.5 Å². The summed E-state index contributed by atoms with van der Waals surface area (Å²) < 4.78 is 0. The van der Waals surface area contributed by atoms with Gasteiger partial charge in [0.2, 0.25) is 0 Å². The quantitative estimate of drug-likeness (QED) is 0.671. The van der Waals surface area contributed by atoms with Gasteiger partial charge in [-0.2, -0.15) is 0 Å². The minimum Gasteiger partial charge on any atom is -0.383 e. The summed E-state index contributed by atoms with van der Waals surface area (Å²) in [5.41, 5.74) is 5.62. The van der Waals surface area contributed by atoms with Crippen molar-refractivity contribution < 1.29 is 4.92 Å². The Balaban J connectivity index is 2.10. The van der Waals surface area contributed by atoms with Crippen molar-refractivity contribution >= 4 is 23.3 Å². The van der Waals surface area contributed by atoms with E-state index < -0.39 is 4.92 Å². The number of thioether (sulfide) groups is 1. The Labute approximate surface area is 110 Å². The van der Waals surface area contributed by atoms with Crippen LogP contribution in [-0.2, 0) is 0 Å². The summed E-state index contributed by atoms with van der Waals surface area (Å²) >= 11 is 1.62. The van der Waals surface area contributed by atoms with Crippen molar-refractivity contribution in [3.63, 3.8) is 0 Å². The number of nitrogens with two attached hydrogens (primary N) is 1. The van der Waals surface area contributed by atoms with Crippen LogP contribution in [0.5, 0.6) is 0 Å². The summed E-state index contributed by atoms with van der Waals surface area (Å²) in [4.78, 5) is 14.5. The van der Waals surface area contributed by atoms with Gasteiger partial charge in [0.15, 0.2) is 0 Å². The van der Waals surface area contributed by atoms with E-state index in [0.717, 1.165) is 18.8 Å². The summed E-state index contributed by atoms with van der Waals surface area (Å²) in [5.74, 6) is 0.947. The molecule has 2 N–H and O–H groups in total. The number of nitro groups is 1. The molecule has 0 radical (unpaired) electrons. The number of nitrogen functional groups attached to an aromatic ring is 1. The van der Waals surface area contributed by atoms with Crippen LogP contribution in [0.25, 0.3) is 0 Å². The van der Waals surface area contributed by atoms with Crippen molar-refractivity contribution in [3.8, 4) is 0 Å². The van der Waals surface area contributed by atoms with Crippen molar-refractivity contribution in [1.29, 1.82) is 0 Å². The third-order valence-electron chi connectivity index (χ3n) is 3.19. The molecular weight excluding hydrogens is 250 g/mol. The van der Waals surface area contributed by atoms with Gasteiger partial charge in [-0.3, -0.25) is 10.1 Å². The molecule has 0 amide bonds. The number of hydrogen-bond donors (Lipinski definition) is 1. The Morgan fingerprint density at radius 2 is 2.28 bits per heavy atom. The van der Waals surface area contributed by atoms with Crippen molar-refractivity contribution in [1.82, 2.24) is 4.98 Å². The number of nitrogens with zero attached hydrogens (tertiary/aromatic N) is 2. The minimum absolute atomic E-state index is 0.0221.